The molecule has 0 aromatic heterocycles. The first-order valence-electron chi connectivity index (χ1n) is 14.6. The van der Waals surface area contributed by atoms with Crippen LogP contribution in [-0.4, -0.2) is 49.9 Å². The van der Waals surface area contributed by atoms with Crippen LogP contribution in [0.2, 0.25) is 5.02 Å². The van der Waals surface area contributed by atoms with Crippen molar-refractivity contribution in [1.29, 1.82) is 0 Å². The molecule has 1 heterocycles. The van der Waals surface area contributed by atoms with Crippen LogP contribution in [0.3, 0.4) is 0 Å². The Hall–Kier alpha value is -3.73. The number of esters is 1. The summed E-state index contributed by atoms with van der Waals surface area (Å²) in [5.74, 6) is -3.71. The minimum Gasteiger partial charge on any atom is -0.488 e. The third-order valence-electron chi connectivity index (χ3n) is 8.79. The molecule has 4 N–H and O–H groups in total. The summed E-state index contributed by atoms with van der Waals surface area (Å²) >= 11 is 6.59. The zero-order valence-electron chi connectivity index (χ0n) is 24.5. The molecule has 3 aromatic rings. The van der Waals surface area contributed by atoms with Crippen molar-refractivity contribution in [1.82, 2.24) is 5.32 Å². The third-order valence-corrected chi connectivity index (χ3v) is 9.16. The van der Waals surface area contributed by atoms with E-state index in [0.717, 1.165) is 18.4 Å². The highest BCUT2D eigenvalue weighted by atomic mass is 35.5. The van der Waals surface area contributed by atoms with Gasteiger partial charge in [-0.25, -0.2) is 8.78 Å². The first kappa shape index (κ1) is 31.7. The number of carbonyl (C=O) groups is 2. The number of aliphatic hydroxyl groups excluding tert-OH is 1. The van der Waals surface area contributed by atoms with Gasteiger partial charge in [-0.3, -0.25) is 9.59 Å². The molecule has 1 amide bonds. The van der Waals surface area contributed by atoms with Gasteiger partial charge in [0.1, 0.15) is 18.2 Å². The molecule has 0 bridgehead atoms. The van der Waals surface area contributed by atoms with Gasteiger partial charge in [-0.2, -0.15) is 0 Å². The van der Waals surface area contributed by atoms with Gasteiger partial charge in [0.2, 0.25) is 5.91 Å². The van der Waals surface area contributed by atoms with Crippen molar-refractivity contribution in [2.45, 2.75) is 50.2 Å². The lowest BCUT2D eigenvalue weighted by Crippen LogP contribution is -2.48. The van der Waals surface area contributed by atoms with Crippen LogP contribution in [0.1, 0.15) is 60.0 Å². The van der Waals surface area contributed by atoms with Crippen LogP contribution in [0.25, 0.3) is 11.1 Å². The van der Waals surface area contributed by atoms with Crippen LogP contribution >= 0.6 is 11.6 Å². The molecule has 2 aliphatic rings. The number of hydrogen-bond donors (Lipinski definition) is 3. The monoisotopic (exact) mass is 628 g/mol. The van der Waals surface area contributed by atoms with Gasteiger partial charge in [-0.05, 0) is 43.4 Å². The number of nitrogens with one attached hydrogen (secondary N) is 1. The van der Waals surface area contributed by atoms with Crippen LogP contribution in [0.5, 0.6) is 11.5 Å². The second-order valence-electron chi connectivity index (χ2n) is 11.2. The Balaban J connectivity index is 1.59. The minimum atomic E-state index is -1.07. The lowest BCUT2D eigenvalue weighted by atomic mass is 9.77. The van der Waals surface area contributed by atoms with Crippen molar-refractivity contribution in [2.24, 2.45) is 11.7 Å². The fourth-order valence-corrected chi connectivity index (χ4v) is 6.73. The van der Waals surface area contributed by atoms with Crippen LogP contribution < -0.4 is 20.5 Å². The molecule has 44 heavy (non-hydrogen) atoms. The number of hydrogen-bond acceptors (Lipinski definition) is 7. The Labute approximate surface area is 259 Å². The highest BCUT2D eigenvalue weighted by Crippen LogP contribution is 2.56. The largest absolute Gasteiger partial charge is 0.488 e. The summed E-state index contributed by atoms with van der Waals surface area (Å²) in [7, 11) is 1.40. The van der Waals surface area contributed by atoms with E-state index >= 15 is 8.78 Å². The number of ether oxygens (including phenoxy) is 3. The Morgan fingerprint density at radius 1 is 1.11 bits per heavy atom. The molecule has 1 aliphatic carbocycles. The van der Waals surface area contributed by atoms with Crippen molar-refractivity contribution in [3.8, 4) is 22.6 Å². The molecule has 5 rings (SSSR count). The number of rotatable bonds is 10. The molecule has 0 unspecified atom stereocenters. The molecule has 0 spiro atoms. The normalized spacial score (nSPS) is 22.6. The SMILES string of the molecule is COC(=O)C1CCC(NC[C@]2(c3ccccc3)Oc3cc(F)c(Cl)c(-c4c(C(N)=O)ccc(OCCO)c4F)c3[C@@H]2C)CC1. The van der Waals surface area contributed by atoms with E-state index in [1.165, 1.54) is 25.3 Å². The minimum absolute atomic E-state index is 0.0497. The number of methoxy groups -OCH3 is 1. The number of carbonyl (C=O) groups excluding carboxylic acids is 2. The van der Waals surface area contributed by atoms with Gasteiger partial charge in [-0.1, -0.05) is 48.9 Å². The number of nitrogens with two attached hydrogens (primary N) is 1. The number of amides is 1. The molecular formula is C33H35ClF2N2O6. The van der Waals surface area contributed by atoms with Crippen LogP contribution in [-0.2, 0) is 15.1 Å². The zero-order valence-corrected chi connectivity index (χ0v) is 25.3. The summed E-state index contributed by atoms with van der Waals surface area (Å²) in [5, 5.41) is 12.4. The number of benzene rings is 3. The molecule has 1 fully saturated rings. The quantitative estimate of drug-likeness (QED) is 0.255. The molecule has 234 valence electrons. The molecule has 8 nitrogen and oxygen atoms in total. The van der Waals surface area contributed by atoms with Gasteiger partial charge in [0, 0.05) is 41.3 Å². The molecule has 11 heteroatoms. The summed E-state index contributed by atoms with van der Waals surface area (Å²) in [6, 6.07) is 13.2. The Bertz CT molecular complexity index is 1550. The molecule has 0 saturated heterocycles. The number of aliphatic hydroxyl groups is 1. The van der Waals surface area contributed by atoms with Crippen molar-refractivity contribution in [3.63, 3.8) is 0 Å². The Kier molecular flexibility index (Phi) is 9.43. The first-order valence-corrected chi connectivity index (χ1v) is 14.9. The molecule has 1 aliphatic heterocycles. The number of fused-ring (bicyclic) bond motifs is 1. The van der Waals surface area contributed by atoms with Crippen LogP contribution in [0.15, 0.2) is 48.5 Å². The van der Waals surface area contributed by atoms with E-state index in [0.29, 0.717) is 24.9 Å². The van der Waals surface area contributed by atoms with Gasteiger partial charge in [-0.15, -0.1) is 0 Å². The topological polar surface area (TPSA) is 120 Å². The molecule has 2 atom stereocenters. The predicted octanol–water partition coefficient (Wildman–Crippen LogP) is 5.47. The van der Waals surface area contributed by atoms with E-state index in [-0.39, 0.29) is 59.3 Å². The van der Waals surface area contributed by atoms with E-state index in [1.54, 1.807) is 0 Å². The molecule has 0 radical (unpaired) electrons. The fourth-order valence-electron chi connectivity index (χ4n) is 6.48. The standard InChI is InChI=1S/C33H35ClF2N2O6/c1-18-26-25(16-23(35)29(34)28(26)27-22(31(37)40)12-13-24(30(27)36)43-15-14-39)44-33(18,20-6-4-3-5-7-20)17-38-21-10-8-19(9-11-21)32(41)42-2/h3-7,12-13,16,18-19,21,38-39H,8-11,14-15,17H2,1-2H3,(H2,37,40)/t18-,19?,21?,33-/m0/s1. The van der Waals surface area contributed by atoms with Crippen molar-refractivity contribution in [3.05, 3.63) is 81.9 Å². The fraction of sp³-hybridized carbons (Fsp3) is 0.394. The van der Waals surface area contributed by atoms with Gasteiger partial charge >= 0.3 is 5.97 Å². The highest BCUT2D eigenvalue weighted by Gasteiger charge is 2.50. The van der Waals surface area contributed by atoms with Gasteiger partial charge in [0.15, 0.2) is 17.2 Å². The smallest absolute Gasteiger partial charge is 0.308 e. The Morgan fingerprint density at radius 2 is 1.82 bits per heavy atom. The second-order valence-corrected chi connectivity index (χ2v) is 11.6. The van der Waals surface area contributed by atoms with E-state index in [4.69, 9.17) is 31.5 Å². The summed E-state index contributed by atoms with van der Waals surface area (Å²) in [6.45, 7) is 1.62. The lowest BCUT2D eigenvalue weighted by molar-refractivity contribution is -0.146. The third kappa shape index (κ3) is 5.74. The second kappa shape index (κ2) is 13.1. The maximum absolute atomic E-state index is 16.1. The zero-order chi connectivity index (χ0) is 31.6. The molecular weight excluding hydrogens is 594 g/mol. The van der Waals surface area contributed by atoms with Crippen molar-refractivity contribution < 1.29 is 37.7 Å². The first-order chi connectivity index (χ1) is 21.1. The highest BCUT2D eigenvalue weighted by molar-refractivity contribution is 6.34. The Morgan fingerprint density at radius 3 is 2.45 bits per heavy atom. The maximum atomic E-state index is 16.1. The van der Waals surface area contributed by atoms with Crippen LogP contribution in [0, 0.1) is 17.6 Å². The van der Waals surface area contributed by atoms with Crippen LogP contribution in [0.4, 0.5) is 8.78 Å². The average Bonchev–Trinajstić information content (AvgIpc) is 3.31. The number of primary amides is 1. The van der Waals surface area contributed by atoms with E-state index < -0.39 is 34.1 Å². The molecule has 1 saturated carbocycles. The van der Waals surface area contributed by atoms with Gasteiger partial charge < -0.3 is 30.4 Å². The summed E-state index contributed by atoms with van der Waals surface area (Å²) < 4.78 is 48.6. The van der Waals surface area contributed by atoms with Crippen molar-refractivity contribution in [2.75, 3.05) is 26.9 Å². The predicted molar refractivity (Wildman–Crippen MR) is 161 cm³/mol. The van der Waals surface area contributed by atoms with E-state index in [9.17, 15) is 14.7 Å². The van der Waals surface area contributed by atoms with E-state index in [1.807, 2.05) is 37.3 Å². The van der Waals surface area contributed by atoms with E-state index in [2.05, 4.69) is 5.32 Å². The number of halogens is 3. The average molecular weight is 629 g/mol. The lowest BCUT2D eigenvalue weighted by Gasteiger charge is -2.37. The van der Waals surface area contributed by atoms with Gasteiger partial charge in [0.05, 0.1) is 30.2 Å². The molecule has 3 aromatic carbocycles. The van der Waals surface area contributed by atoms with Gasteiger partial charge in [0.25, 0.3) is 0 Å². The maximum Gasteiger partial charge on any atom is 0.308 e. The summed E-state index contributed by atoms with van der Waals surface area (Å²) in [6.07, 6.45) is 2.89. The van der Waals surface area contributed by atoms with Crippen molar-refractivity contribution >= 4 is 23.5 Å². The summed E-state index contributed by atoms with van der Waals surface area (Å²) in [4.78, 5) is 24.6. The summed E-state index contributed by atoms with van der Waals surface area (Å²) in [5.41, 5.74) is 5.25.